The average Bonchev–Trinajstić information content (AvgIpc) is 2.54. The van der Waals surface area contributed by atoms with Crippen molar-refractivity contribution in [2.75, 3.05) is 6.61 Å². The maximum absolute atomic E-state index is 9.84. The van der Waals surface area contributed by atoms with Gasteiger partial charge in [0.1, 0.15) is 0 Å². The maximum Gasteiger partial charge on any atom is 0.0716 e. The third-order valence-corrected chi connectivity index (χ3v) is 3.05. The van der Waals surface area contributed by atoms with E-state index in [4.69, 9.17) is 4.74 Å². The highest BCUT2D eigenvalue weighted by molar-refractivity contribution is 5.33. The Kier molecular flexibility index (Phi) is 6.54. The Morgan fingerprint density at radius 1 is 0.952 bits per heavy atom. The van der Waals surface area contributed by atoms with Gasteiger partial charge in [-0.05, 0) is 24.1 Å². The molecule has 0 saturated heterocycles. The number of ether oxygens (including phenoxy) is 1. The summed E-state index contributed by atoms with van der Waals surface area (Å²) in [6.45, 7) is 1.13. The lowest BCUT2D eigenvalue weighted by Gasteiger charge is -2.07. The molecule has 2 rings (SSSR count). The minimum Gasteiger partial charge on any atom is -0.392 e. The Labute approximate surface area is 126 Å². The predicted molar refractivity (Wildman–Crippen MR) is 84.7 cm³/mol. The van der Waals surface area contributed by atoms with Crippen molar-refractivity contribution in [1.82, 2.24) is 0 Å². The van der Waals surface area contributed by atoms with Gasteiger partial charge >= 0.3 is 0 Å². The molecule has 0 heterocycles. The number of aliphatic hydroxyl groups excluding tert-OH is 1. The molecule has 1 unspecified atom stereocenters. The fourth-order valence-electron chi connectivity index (χ4n) is 1.88. The molecule has 0 radical (unpaired) electrons. The lowest BCUT2D eigenvalue weighted by atomic mass is 10.1. The van der Waals surface area contributed by atoms with E-state index in [9.17, 15) is 5.11 Å². The summed E-state index contributed by atoms with van der Waals surface area (Å²) >= 11 is 0. The summed E-state index contributed by atoms with van der Waals surface area (Å²) in [5.74, 6) is 6.05. The summed E-state index contributed by atoms with van der Waals surface area (Å²) in [5.41, 5.74) is 2.13. The van der Waals surface area contributed by atoms with Crippen molar-refractivity contribution in [1.29, 1.82) is 0 Å². The highest BCUT2D eigenvalue weighted by Crippen LogP contribution is 2.03. The Balaban J connectivity index is 1.62. The van der Waals surface area contributed by atoms with Crippen molar-refractivity contribution in [3.05, 3.63) is 71.8 Å². The van der Waals surface area contributed by atoms with Crippen LogP contribution in [0.1, 0.15) is 24.0 Å². The van der Waals surface area contributed by atoms with Gasteiger partial charge in [0, 0.05) is 18.6 Å². The summed E-state index contributed by atoms with van der Waals surface area (Å²) in [6.07, 6.45) is 0.650. The van der Waals surface area contributed by atoms with Gasteiger partial charge in [0.15, 0.2) is 0 Å². The van der Waals surface area contributed by atoms with E-state index in [2.05, 4.69) is 11.8 Å². The van der Waals surface area contributed by atoms with E-state index in [-0.39, 0.29) is 0 Å². The van der Waals surface area contributed by atoms with E-state index < -0.39 is 6.10 Å². The highest BCUT2D eigenvalue weighted by Gasteiger charge is 2.01. The molecule has 0 amide bonds. The lowest BCUT2D eigenvalue weighted by molar-refractivity contribution is 0.0754. The molecule has 2 aromatic carbocycles. The number of rotatable bonds is 6. The standard InChI is InChI=1S/C19H20O2/c20-19(13-7-12-17-8-3-1-4-9-17)14-15-21-16-18-10-5-2-6-11-18/h1-6,8-11,19-20H,13-16H2. The molecule has 2 aromatic rings. The minimum absolute atomic E-state index is 0.433. The molecule has 0 bridgehead atoms. The quantitative estimate of drug-likeness (QED) is 0.649. The van der Waals surface area contributed by atoms with Crippen molar-refractivity contribution >= 4 is 0 Å². The van der Waals surface area contributed by atoms with Gasteiger partial charge in [-0.15, -0.1) is 0 Å². The van der Waals surface area contributed by atoms with Crippen molar-refractivity contribution in [2.24, 2.45) is 0 Å². The van der Waals surface area contributed by atoms with Crippen LogP contribution in [0.15, 0.2) is 60.7 Å². The molecule has 0 aliphatic rings. The van der Waals surface area contributed by atoms with Gasteiger partial charge in [-0.3, -0.25) is 0 Å². The zero-order valence-electron chi connectivity index (χ0n) is 12.0. The monoisotopic (exact) mass is 280 g/mol. The van der Waals surface area contributed by atoms with Crippen molar-refractivity contribution < 1.29 is 9.84 Å². The van der Waals surface area contributed by atoms with Crippen LogP contribution in [0.4, 0.5) is 0 Å². The second-order valence-corrected chi connectivity index (χ2v) is 4.85. The fourth-order valence-corrected chi connectivity index (χ4v) is 1.88. The van der Waals surface area contributed by atoms with Crippen LogP contribution in [-0.2, 0) is 11.3 Å². The van der Waals surface area contributed by atoms with Crippen LogP contribution >= 0.6 is 0 Å². The second-order valence-electron chi connectivity index (χ2n) is 4.85. The van der Waals surface area contributed by atoms with E-state index in [0.717, 1.165) is 11.1 Å². The van der Waals surface area contributed by atoms with Gasteiger partial charge < -0.3 is 9.84 Å². The molecular formula is C19H20O2. The SMILES string of the molecule is OC(CC#Cc1ccccc1)CCOCc1ccccc1. The molecule has 2 nitrogen and oxygen atoms in total. The highest BCUT2D eigenvalue weighted by atomic mass is 16.5. The lowest BCUT2D eigenvalue weighted by Crippen LogP contribution is -2.09. The van der Waals surface area contributed by atoms with E-state index in [0.29, 0.717) is 26.1 Å². The molecule has 21 heavy (non-hydrogen) atoms. The van der Waals surface area contributed by atoms with Gasteiger partial charge in [0.25, 0.3) is 0 Å². The molecule has 0 spiro atoms. The molecule has 0 aliphatic carbocycles. The molecule has 0 saturated carbocycles. The molecule has 108 valence electrons. The Bertz CT molecular complexity index is 567. The first-order valence-electron chi connectivity index (χ1n) is 7.18. The molecular weight excluding hydrogens is 260 g/mol. The van der Waals surface area contributed by atoms with E-state index >= 15 is 0 Å². The average molecular weight is 280 g/mol. The Morgan fingerprint density at radius 3 is 2.33 bits per heavy atom. The summed E-state index contributed by atoms with van der Waals surface area (Å²) in [7, 11) is 0. The summed E-state index contributed by atoms with van der Waals surface area (Å²) < 4.78 is 5.55. The molecule has 1 atom stereocenters. The normalized spacial score (nSPS) is 11.5. The van der Waals surface area contributed by atoms with E-state index in [1.54, 1.807) is 0 Å². The first-order chi connectivity index (χ1) is 10.3. The maximum atomic E-state index is 9.84. The van der Waals surface area contributed by atoms with E-state index in [1.807, 2.05) is 60.7 Å². The molecule has 0 aliphatic heterocycles. The van der Waals surface area contributed by atoms with Gasteiger partial charge in [-0.2, -0.15) is 0 Å². The number of hydrogen-bond donors (Lipinski definition) is 1. The predicted octanol–water partition coefficient (Wildman–Crippen LogP) is 3.40. The zero-order valence-corrected chi connectivity index (χ0v) is 12.0. The molecule has 0 aromatic heterocycles. The molecule has 2 heteroatoms. The third-order valence-electron chi connectivity index (χ3n) is 3.05. The molecule has 0 fully saturated rings. The van der Waals surface area contributed by atoms with Crippen LogP contribution in [0, 0.1) is 11.8 Å². The Morgan fingerprint density at radius 2 is 1.62 bits per heavy atom. The largest absolute Gasteiger partial charge is 0.392 e. The first kappa shape index (κ1) is 15.3. The van der Waals surface area contributed by atoms with Gasteiger partial charge in [0.05, 0.1) is 12.7 Å². The van der Waals surface area contributed by atoms with Gasteiger partial charge in [-0.25, -0.2) is 0 Å². The summed E-state index contributed by atoms with van der Waals surface area (Å²) in [6, 6.07) is 19.8. The smallest absolute Gasteiger partial charge is 0.0716 e. The summed E-state index contributed by atoms with van der Waals surface area (Å²) in [4.78, 5) is 0. The van der Waals surface area contributed by atoms with Crippen LogP contribution in [0.5, 0.6) is 0 Å². The van der Waals surface area contributed by atoms with Crippen LogP contribution in [0.3, 0.4) is 0 Å². The van der Waals surface area contributed by atoms with Crippen LogP contribution in [0.25, 0.3) is 0 Å². The fraction of sp³-hybridized carbons (Fsp3) is 0.263. The Hall–Kier alpha value is -2.08. The van der Waals surface area contributed by atoms with Gasteiger partial charge in [-0.1, -0.05) is 60.4 Å². The van der Waals surface area contributed by atoms with Crippen molar-refractivity contribution in [2.45, 2.75) is 25.6 Å². The van der Waals surface area contributed by atoms with Crippen LogP contribution in [0.2, 0.25) is 0 Å². The number of aliphatic hydroxyl groups is 1. The molecule has 1 N–H and O–H groups in total. The number of benzene rings is 2. The van der Waals surface area contributed by atoms with Gasteiger partial charge in [0.2, 0.25) is 0 Å². The van der Waals surface area contributed by atoms with E-state index in [1.165, 1.54) is 0 Å². The second kappa shape index (κ2) is 8.97. The third kappa shape index (κ3) is 6.27. The number of hydrogen-bond acceptors (Lipinski definition) is 2. The van der Waals surface area contributed by atoms with Crippen LogP contribution < -0.4 is 0 Å². The minimum atomic E-state index is -0.433. The zero-order chi connectivity index (χ0) is 14.8. The summed E-state index contributed by atoms with van der Waals surface area (Å²) in [5, 5.41) is 9.84. The first-order valence-corrected chi connectivity index (χ1v) is 7.18. The van der Waals surface area contributed by atoms with Crippen LogP contribution in [-0.4, -0.2) is 17.8 Å². The topological polar surface area (TPSA) is 29.5 Å². The van der Waals surface area contributed by atoms with Crippen molar-refractivity contribution in [3.63, 3.8) is 0 Å². The van der Waals surface area contributed by atoms with Crippen molar-refractivity contribution in [3.8, 4) is 11.8 Å².